The molecule has 1 aromatic carbocycles. The fourth-order valence-corrected chi connectivity index (χ4v) is 0.990. The minimum Gasteiger partial charge on any atom is -0.282 e. The number of hydrogen-bond acceptors (Lipinski definition) is 1. The lowest BCUT2D eigenvalue weighted by Gasteiger charge is -1.96. The lowest BCUT2D eigenvalue weighted by molar-refractivity contribution is 0.109. The van der Waals surface area contributed by atoms with E-state index in [1.165, 1.54) is 0 Å². The Kier molecular flexibility index (Phi) is 2.35. The number of hydrogen-bond donors (Lipinski definition) is 1. The fraction of sp³-hybridized carbons (Fsp3) is 0. The van der Waals surface area contributed by atoms with E-state index in [4.69, 9.17) is 6.42 Å². The highest BCUT2D eigenvalue weighted by atomic mass is 32.1. The molecule has 0 unspecified atom stereocenters. The molecule has 0 radical (unpaired) electrons. The second-order valence-electron chi connectivity index (χ2n) is 2.00. The predicted octanol–water partition coefficient (Wildman–Crippen LogP) is 1.74. The van der Waals surface area contributed by atoms with Gasteiger partial charge in [0.05, 0.1) is 0 Å². The molecule has 0 aliphatic rings. The Morgan fingerprint density at radius 1 is 1.45 bits per heavy atom. The fourth-order valence-electron chi connectivity index (χ4n) is 0.795. The highest BCUT2D eigenvalue weighted by Gasteiger charge is 2.02. The molecule has 0 fully saturated rings. The molecule has 54 valence electrons. The van der Waals surface area contributed by atoms with Crippen molar-refractivity contribution in [3.8, 4) is 12.3 Å². The molecule has 0 atom stereocenters. The van der Waals surface area contributed by atoms with Crippen molar-refractivity contribution in [2.24, 2.45) is 0 Å². The number of terminal acetylenes is 1. The van der Waals surface area contributed by atoms with E-state index in [-0.39, 0.29) is 5.12 Å². The molecule has 0 amide bonds. The van der Waals surface area contributed by atoms with Gasteiger partial charge in [0, 0.05) is 11.1 Å². The molecule has 1 rings (SSSR count). The molecule has 11 heavy (non-hydrogen) atoms. The van der Waals surface area contributed by atoms with Gasteiger partial charge in [-0.1, -0.05) is 18.1 Å². The molecular formula is C9H6OS. The Hall–Kier alpha value is -1.20. The molecule has 0 aromatic heterocycles. The van der Waals surface area contributed by atoms with E-state index in [9.17, 15) is 4.79 Å². The van der Waals surface area contributed by atoms with Crippen molar-refractivity contribution < 1.29 is 4.79 Å². The molecule has 0 spiro atoms. The molecule has 0 aliphatic carbocycles. The van der Waals surface area contributed by atoms with Crippen LogP contribution in [-0.4, -0.2) is 5.12 Å². The normalized spacial score (nSPS) is 8.73. The lowest BCUT2D eigenvalue weighted by Crippen LogP contribution is -1.92. The number of rotatable bonds is 1. The number of carbonyl (C=O) groups excluding carboxylic acids is 1. The third-order valence-electron chi connectivity index (χ3n) is 1.31. The average Bonchev–Trinajstić information content (AvgIpc) is 2.04. The van der Waals surface area contributed by atoms with Crippen molar-refractivity contribution in [3.63, 3.8) is 0 Å². The molecule has 2 heteroatoms. The van der Waals surface area contributed by atoms with E-state index in [1.54, 1.807) is 24.3 Å². The smallest absolute Gasteiger partial charge is 0.217 e. The summed E-state index contributed by atoms with van der Waals surface area (Å²) in [6.45, 7) is 0. The molecule has 0 saturated carbocycles. The van der Waals surface area contributed by atoms with Crippen LogP contribution in [0.2, 0.25) is 0 Å². The Bertz CT molecular complexity index is 323. The number of benzene rings is 1. The Morgan fingerprint density at radius 3 is 2.55 bits per heavy atom. The maximum Gasteiger partial charge on any atom is 0.217 e. The molecule has 0 heterocycles. The van der Waals surface area contributed by atoms with E-state index in [1.807, 2.05) is 0 Å². The minimum absolute atomic E-state index is 0.293. The number of thiol groups is 1. The summed E-state index contributed by atoms with van der Waals surface area (Å²) in [5.41, 5.74) is 1.07. The number of carbonyl (C=O) groups is 1. The standard InChI is InChI=1S/C9H6OS/c1-2-7-5-3-4-6-8(7)9(10)11/h1,3-6H,(H,10,11). The van der Waals surface area contributed by atoms with Crippen LogP contribution in [0.15, 0.2) is 24.3 Å². The van der Waals surface area contributed by atoms with Crippen LogP contribution in [0.4, 0.5) is 0 Å². The Labute approximate surface area is 70.8 Å². The Balaban J connectivity index is 3.26. The van der Waals surface area contributed by atoms with Gasteiger partial charge in [0.25, 0.3) is 0 Å². The molecule has 1 aromatic rings. The van der Waals surface area contributed by atoms with E-state index in [2.05, 4.69) is 18.5 Å². The first-order chi connectivity index (χ1) is 5.25. The third kappa shape index (κ3) is 1.63. The summed E-state index contributed by atoms with van der Waals surface area (Å²) in [5.74, 6) is 2.41. The van der Waals surface area contributed by atoms with Gasteiger partial charge < -0.3 is 0 Å². The van der Waals surface area contributed by atoms with E-state index < -0.39 is 0 Å². The molecule has 0 bridgehead atoms. The van der Waals surface area contributed by atoms with Gasteiger partial charge in [-0.25, -0.2) is 0 Å². The Morgan fingerprint density at radius 2 is 2.09 bits per heavy atom. The van der Waals surface area contributed by atoms with Crippen molar-refractivity contribution in [2.45, 2.75) is 0 Å². The van der Waals surface area contributed by atoms with Crippen LogP contribution in [0, 0.1) is 12.3 Å². The SMILES string of the molecule is C#Cc1ccccc1C(=O)S. The largest absolute Gasteiger partial charge is 0.282 e. The lowest BCUT2D eigenvalue weighted by atomic mass is 10.1. The monoisotopic (exact) mass is 162 g/mol. The topological polar surface area (TPSA) is 17.1 Å². The second-order valence-corrected chi connectivity index (χ2v) is 2.40. The van der Waals surface area contributed by atoms with Crippen molar-refractivity contribution in [2.75, 3.05) is 0 Å². The first-order valence-electron chi connectivity index (χ1n) is 3.04. The van der Waals surface area contributed by atoms with Gasteiger partial charge in [0.15, 0.2) is 0 Å². The summed E-state index contributed by atoms with van der Waals surface area (Å²) in [7, 11) is 0. The highest BCUT2D eigenvalue weighted by Crippen LogP contribution is 2.09. The van der Waals surface area contributed by atoms with Crippen LogP contribution in [0.3, 0.4) is 0 Å². The van der Waals surface area contributed by atoms with Gasteiger partial charge in [-0.15, -0.1) is 19.1 Å². The summed E-state index contributed by atoms with van der Waals surface area (Å²) in [6, 6.07) is 6.91. The molecule has 0 aliphatic heterocycles. The first-order valence-corrected chi connectivity index (χ1v) is 3.49. The van der Waals surface area contributed by atoms with Gasteiger partial charge in [-0.3, -0.25) is 4.79 Å². The minimum atomic E-state index is -0.293. The van der Waals surface area contributed by atoms with Crippen molar-refractivity contribution in [3.05, 3.63) is 35.4 Å². The highest BCUT2D eigenvalue weighted by molar-refractivity contribution is 7.97. The first kappa shape index (κ1) is 7.90. The zero-order valence-corrected chi connectivity index (χ0v) is 6.64. The van der Waals surface area contributed by atoms with Crippen LogP contribution in [0.1, 0.15) is 15.9 Å². The van der Waals surface area contributed by atoms with Crippen LogP contribution >= 0.6 is 12.6 Å². The quantitative estimate of drug-likeness (QED) is 0.491. The van der Waals surface area contributed by atoms with Gasteiger partial charge in [0.1, 0.15) is 0 Å². The van der Waals surface area contributed by atoms with Crippen LogP contribution in [0.25, 0.3) is 0 Å². The van der Waals surface area contributed by atoms with Crippen molar-refractivity contribution >= 4 is 17.7 Å². The average molecular weight is 162 g/mol. The van der Waals surface area contributed by atoms with E-state index in [0.29, 0.717) is 11.1 Å². The summed E-state index contributed by atoms with van der Waals surface area (Å²) < 4.78 is 0. The molecule has 1 nitrogen and oxygen atoms in total. The predicted molar refractivity (Wildman–Crippen MR) is 47.7 cm³/mol. The molecular weight excluding hydrogens is 156 g/mol. The van der Waals surface area contributed by atoms with Crippen LogP contribution < -0.4 is 0 Å². The summed E-state index contributed by atoms with van der Waals surface area (Å²) >= 11 is 3.68. The third-order valence-corrected chi connectivity index (χ3v) is 1.55. The van der Waals surface area contributed by atoms with Crippen LogP contribution in [0.5, 0.6) is 0 Å². The molecule has 0 N–H and O–H groups in total. The summed E-state index contributed by atoms with van der Waals surface area (Å²) in [6.07, 6.45) is 5.15. The summed E-state index contributed by atoms with van der Waals surface area (Å²) in [4.78, 5) is 10.8. The maximum atomic E-state index is 10.8. The van der Waals surface area contributed by atoms with Crippen molar-refractivity contribution in [1.29, 1.82) is 0 Å². The van der Waals surface area contributed by atoms with E-state index in [0.717, 1.165) is 0 Å². The van der Waals surface area contributed by atoms with Gasteiger partial charge in [-0.2, -0.15) is 0 Å². The van der Waals surface area contributed by atoms with Gasteiger partial charge in [0.2, 0.25) is 5.12 Å². The van der Waals surface area contributed by atoms with Crippen molar-refractivity contribution in [1.82, 2.24) is 0 Å². The zero-order valence-electron chi connectivity index (χ0n) is 5.74. The summed E-state index contributed by atoms with van der Waals surface area (Å²) in [5, 5.41) is -0.293. The van der Waals surface area contributed by atoms with Gasteiger partial charge >= 0.3 is 0 Å². The molecule has 0 saturated heterocycles. The maximum absolute atomic E-state index is 10.8. The van der Waals surface area contributed by atoms with E-state index >= 15 is 0 Å². The van der Waals surface area contributed by atoms with Gasteiger partial charge in [-0.05, 0) is 12.1 Å². The van der Waals surface area contributed by atoms with Crippen LogP contribution in [-0.2, 0) is 0 Å². The second kappa shape index (κ2) is 3.27. The zero-order chi connectivity index (χ0) is 8.27.